The predicted octanol–water partition coefficient (Wildman–Crippen LogP) is 4.42. The SMILES string of the molecule is Clc1cc(CCNCC[N+]23CCN(CC2)CC3)ccc1N=Nc1cc(-c2ccccc2)[nH]n1. The molecule has 8 heteroatoms. The van der Waals surface area contributed by atoms with Gasteiger partial charge < -0.3 is 9.80 Å². The number of piperazine rings is 3. The number of benzene rings is 2. The number of fused-ring (bicyclic) bond motifs is 3. The standard InChI is InChI=1S/C25H31ClN7/c26-22-18-20(8-9-27-10-14-33-15-11-32(12-16-33)13-17-33)6-7-23(22)28-30-25-19-24(29-31-25)21-4-2-1-3-5-21/h1-7,18-19,27H,8-17H2,(H,29,31)/q+1. The largest absolute Gasteiger partial charge is 0.319 e. The number of nitrogens with one attached hydrogen (secondary N) is 2. The Balaban J connectivity index is 1.10. The number of hydrogen-bond acceptors (Lipinski definition) is 5. The van der Waals surface area contributed by atoms with Gasteiger partial charge in [0.05, 0.1) is 36.9 Å². The lowest BCUT2D eigenvalue weighted by Gasteiger charge is -2.50. The minimum Gasteiger partial charge on any atom is -0.319 e. The molecule has 3 saturated heterocycles. The van der Waals surface area contributed by atoms with Gasteiger partial charge in [-0.2, -0.15) is 5.10 Å². The van der Waals surface area contributed by atoms with Crippen molar-refractivity contribution < 1.29 is 4.48 Å². The number of halogens is 1. The average molecular weight is 465 g/mol. The molecular formula is C25H31ClN7+. The molecule has 33 heavy (non-hydrogen) atoms. The van der Waals surface area contributed by atoms with Gasteiger partial charge in [-0.25, -0.2) is 0 Å². The Morgan fingerprint density at radius 3 is 2.52 bits per heavy atom. The van der Waals surface area contributed by atoms with E-state index >= 15 is 0 Å². The fraction of sp³-hybridized carbons (Fsp3) is 0.400. The molecule has 2 bridgehead atoms. The lowest BCUT2D eigenvalue weighted by atomic mass is 10.1. The highest BCUT2D eigenvalue weighted by molar-refractivity contribution is 6.33. The number of quaternary nitrogens is 1. The summed E-state index contributed by atoms with van der Waals surface area (Å²) in [7, 11) is 0. The molecule has 7 nitrogen and oxygen atoms in total. The molecule has 0 atom stereocenters. The van der Waals surface area contributed by atoms with E-state index in [1.165, 1.54) is 55.9 Å². The molecule has 4 heterocycles. The maximum Gasteiger partial charge on any atom is 0.196 e. The Morgan fingerprint density at radius 1 is 0.970 bits per heavy atom. The summed E-state index contributed by atoms with van der Waals surface area (Å²) in [6.07, 6.45) is 0.949. The molecule has 0 spiro atoms. The number of rotatable bonds is 9. The van der Waals surface area contributed by atoms with Crippen molar-refractivity contribution in [3.8, 4) is 11.3 Å². The second-order valence-electron chi connectivity index (χ2n) is 9.07. The van der Waals surface area contributed by atoms with Gasteiger partial charge in [-0.05, 0) is 36.2 Å². The zero-order valence-electron chi connectivity index (χ0n) is 18.9. The molecular weight excluding hydrogens is 434 g/mol. The molecule has 0 aliphatic carbocycles. The Kier molecular flexibility index (Phi) is 6.83. The average Bonchev–Trinajstić information content (AvgIpc) is 3.34. The first kappa shape index (κ1) is 22.2. The fourth-order valence-corrected chi connectivity index (χ4v) is 5.00. The molecule has 3 aliphatic rings. The number of azo groups is 1. The fourth-order valence-electron chi connectivity index (χ4n) is 4.76. The molecule has 6 rings (SSSR count). The van der Waals surface area contributed by atoms with E-state index in [1.54, 1.807) is 0 Å². The molecule has 0 radical (unpaired) electrons. The van der Waals surface area contributed by atoms with Crippen LogP contribution in [0, 0.1) is 0 Å². The smallest absolute Gasteiger partial charge is 0.196 e. The molecule has 2 aromatic carbocycles. The van der Waals surface area contributed by atoms with Crippen molar-refractivity contribution >= 4 is 23.1 Å². The maximum absolute atomic E-state index is 6.47. The first-order valence-electron chi connectivity index (χ1n) is 11.8. The van der Waals surface area contributed by atoms with Crippen LogP contribution in [0.3, 0.4) is 0 Å². The van der Waals surface area contributed by atoms with Crippen LogP contribution in [0.15, 0.2) is 64.8 Å². The minimum atomic E-state index is 0.528. The number of hydrogen-bond donors (Lipinski definition) is 2. The van der Waals surface area contributed by atoms with E-state index in [4.69, 9.17) is 11.6 Å². The molecule has 3 aromatic rings. The number of H-pyrrole nitrogens is 1. The number of aromatic nitrogens is 2. The van der Waals surface area contributed by atoms with E-state index < -0.39 is 0 Å². The van der Waals surface area contributed by atoms with Crippen LogP contribution in [0.1, 0.15) is 5.56 Å². The van der Waals surface area contributed by atoms with E-state index in [0.29, 0.717) is 16.5 Å². The van der Waals surface area contributed by atoms with Crippen LogP contribution in [0.25, 0.3) is 11.3 Å². The summed E-state index contributed by atoms with van der Waals surface area (Å²) < 4.78 is 1.30. The van der Waals surface area contributed by atoms with Crippen LogP contribution in [-0.2, 0) is 6.42 Å². The zero-order valence-corrected chi connectivity index (χ0v) is 19.6. The highest BCUT2D eigenvalue weighted by Crippen LogP contribution is 2.28. The second kappa shape index (κ2) is 10.1. The van der Waals surface area contributed by atoms with E-state index in [2.05, 4.69) is 36.7 Å². The summed E-state index contributed by atoms with van der Waals surface area (Å²) in [5.41, 5.74) is 3.82. The van der Waals surface area contributed by atoms with E-state index in [0.717, 1.165) is 30.8 Å². The van der Waals surface area contributed by atoms with Gasteiger partial charge >= 0.3 is 0 Å². The van der Waals surface area contributed by atoms with Gasteiger partial charge in [0, 0.05) is 32.2 Å². The van der Waals surface area contributed by atoms with Crippen LogP contribution in [0.2, 0.25) is 5.02 Å². The van der Waals surface area contributed by atoms with Gasteiger partial charge in [0.1, 0.15) is 5.69 Å². The lowest BCUT2D eigenvalue weighted by molar-refractivity contribution is -0.939. The highest BCUT2D eigenvalue weighted by atomic mass is 35.5. The van der Waals surface area contributed by atoms with Gasteiger partial charge in [0.2, 0.25) is 0 Å². The van der Waals surface area contributed by atoms with Gasteiger partial charge in [-0.3, -0.25) is 10.00 Å². The lowest BCUT2D eigenvalue weighted by Crippen LogP contribution is -2.68. The van der Waals surface area contributed by atoms with Crippen molar-refractivity contribution in [2.24, 2.45) is 10.2 Å². The topological polar surface area (TPSA) is 68.7 Å². The van der Waals surface area contributed by atoms with Crippen LogP contribution in [-0.4, -0.2) is 78.5 Å². The van der Waals surface area contributed by atoms with Crippen molar-refractivity contribution in [1.29, 1.82) is 0 Å². The Morgan fingerprint density at radius 2 is 1.76 bits per heavy atom. The highest BCUT2D eigenvalue weighted by Gasteiger charge is 2.37. The molecule has 1 aromatic heterocycles. The molecule has 3 aliphatic heterocycles. The Labute approximate surface area is 200 Å². The molecule has 2 N–H and O–H groups in total. The summed E-state index contributed by atoms with van der Waals surface area (Å²) in [6, 6.07) is 17.9. The minimum absolute atomic E-state index is 0.528. The summed E-state index contributed by atoms with van der Waals surface area (Å²) in [4.78, 5) is 2.59. The van der Waals surface area contributed by atoms with E-state index in [1.807, 2.05) is 48.5 Å². The van der Waals surface area contributed by atoms with Gasteiger partial charge in [-0.1, -0.05) is 48.0 Å². The predicted molar refractivity (Wildman–Crippen MR) is 132 cm³/mol. The third kappa shape index (κ3) is 5.50. The van der Waals surface area contributed by atoms with Crippen LogP contribution < -0.4 is 5.32 Å². The Hall–Kier alpha value is -2.58. The van der Waals surface area contributed by atoms with Crippen molar-refractivity contribution in [3.63, 3.8) is 0 Å². The summed E-state index contributed by atoms with van der Waals surface area (Å²) in [6.45, 7) is 11.1. The van der Waals surface area contributed by atoms with Crippen molar-refractivity contribution in [3.05, 3.63) is 65.2 Å². The molecule has 3 fully saturated rings. The van der Waals surface area contributed by atoms with Crippen LogP contribution in [0.5, 0.6) is 0 Å². The number of aromatic amines is 1. The van der Waals surface area contributed by atoms with Gasteiger partial charge in [-0.15, -0.1) is 10.2 Å². The van der Waals surface area contributed by atoms with Gasteiger partial charge in [0.15, 0.2) is 5.82 Å². The van der Waals surface area contributed by atoms with Crippen molar-refractivity contribution in [2.45, 2.75) is 6.42 Å². The van der Waals surface area contributed by atoms with Crippen LogP contribution in [0.4, 0.5) is 11.5 Å². The first-order chi connectivity index (χ1) is 16.2. The third-order valence-electron chi connectivity index (χ3n) is 6.95. The second-order valence-corrected chi connectivity index (χ2v) is 9.48. The van der Waals surface area contributed by atoms with Crippen LogP contribution >= 0.6 is 11.6 Å². The summed E-state index contributed by atoms with van der Waals surface area (Å²) in [5, 5.41) is 20.0. The zero-order chi connectivity index (χ0) is 22.5. The van der Waals surface area contributed by atoms with Gasteiger partial charge in [0.25, 0.3) is 0 Å². The maximum atomic E-state index is 6.47. The molecule has 172 valence electrons. The van der Waals surface area contributed by atoms with Crippen molar-refractivity contribution in [1.82, 2.24) is 20.4 Å². The van der Waals surface area contributed by atoms with Crippen molar-refractivity contribution in [2.75, 3.05) is 58.9 Å². The molecule has 0 unspecified atom stereocenters. The third-order valence-corrected chi connectivity index (χ3v) is 7.25. The molecule has 0 amide bonds. The normalized spacial score (nSPS) is 22.3. The number of nitrogens with zero attached hydrogens (tertiary/aromatic N) is 5. The monoisotopic (exact) mass is 464 g/mol. The van der Waals surface area contributed by atoms with E-state index in [9.17, 15) is 0 Å². The first-order valence-corrected chi connectivity index (χ1v) is 12.2. The molecule has 0 saturated carbocycles. The Bertz CT molecular complexity index is 1070. The van der Waals surface area contributed by atoms with E-state index in [-0.39, 0.29) is 0 Å². The quantitative estimate of drug-likeness (QED) is 0.280. The summed E-state index contributed by atoms with van der Waals surface area (Å²) in [5.74, 6) is 0.528. The summed E-state index contributed by atoms with van der Waals surface area (Å²) >= 11 is 6.47.